The normalized spacial score (nSPS) is 13.2. The van der Waals surface area contributed by atoms with Crippen LogP contribution in [0, 0.1) is 6.07 Å². The zero-order chi connectivity index (χ0) is 14.1. The molecule has 1 rings (SSSR count). The lowest BCUT2D eigenvalue weighted by molar-refractivity contribution is 0.401. The molecule has 0 spiro atoms. The second-order valence-corrected chi connectivity index (χ2v) is 7.55. The SMILES string of the molecule is CN(C)Cc1[c]c(C(C)(C)C)cc(C(C)(C)C)c1. The van der Waals surface area contributed by atoms with Gasteiger partial charge >= 0.3 is 0 Å². The number of hydrogen-bond acceptors (Lipinski definition) is 1. The Morgan fingerprint density at radius 3 is 1.89 bits per heavy atom. The maximum atomic E-state index is 3.59. The molecule has 1 aromatic rings. The van der Waals surface area contributed by atoms with Gasteiger partial charge in [-0.25, -0.2) is 0 Å². The molecule has 1 heteroatoms. The van der Waals surface area contributed by atoms with Crippen LogP contribution in [0.4, 0.5) is 0 Å². The van der Waals surface area contributed by atoms with Crippen molar-refractivity contribution in [2.24, 2.45) is 0 Å². The summed E-state index contributed by atoms with van der Waals surface area (Å²) in [7, 11) is 4.21. The minimum Gasteiger partial charge on any atom is -0.305 e. The summed E-state index contributed by atoms with van der Waals surface area (Å²) in [4.78, 5) is 2.20. The fourth-order valence-corrected chi connectivity index (χ4v) is 1.89. The molecule has 0 aliphatic carbocycles. The van der Waals surface area contributed by atoms with Gasteiger partial charge in [-0.15, -0.1) is 0 Å². The standard InChI is InChI=1S/C17H28N/c1-16(2,3)14-9-13(12-18(7)8)10-15(11-14)17(4,5)6/h9,11H,12H2,1-8H3. The van der Waals surface area contributed by atoms with Crippen LogP contribution in [0.2, 0.25) is 0 Å². The molecule has 18 heavy (non-hydrogen) atoms. The van der Waals surface area contributed by atoms with E-state index in [9.17, 15) is 0 Å². The van der Waals surface area contributed by atoms with Crippen LogP contribution in [-0.4, -0.2) is 19.0 Å². The van der Waals surface area contributed by atoms with Gasteiger partial charge in [-0.1, -0.05) is 53.7 Å². The summed E-state index contributed by atoms with van der Waals surface area (Å²) < 4.78 is 0. The van der Waals surface area contributed by atoms with E-state index >= 15 is 0 Å². The first-order chi connectivity index (χ1) is 8.00. The minimum atomic E-state index is 0.155. The van der Waals surface area contributed by atoms with Crippen LogP contribution in [0.5, 0.6) is 0 Å². The molecule has 0 amide bonds. The Morgan fingerprint density at radius 2 is 1.50 bits per heavy atom. The lowest BCUT2D eigenvalue weighted by Crippen LogP contribution is -2.19. The fourth-order valence-electron chi connectivity index (χ4n) is 1.89. The monoisotopic (exact) mass is 246 g/mol. The summed E-state index contributed by atoms with van der Waals surface area (Å²) in [6, 6.07) is 8.21. The van der Waals surface area contributed by atoms with Crippen LogP contribution in [0.25, 0.3) is 0 Å². The average molecular weight is 246 g/mol. The van der Waals surface area contributed by atoms with Crippen molar-refractivity contribution in [3.63, 3.8) is 0 Å². The third kappa shape index (κ3) is 4.13. The first kappa shape index (κ1) is 15.2. The van der Waals surface area contributed by atoms with Gasteiger partial charge in [-0.3, -0.25) is 0 Å². The molecule has 0 saturated heterocycles. The summed E-state index contributed by atoms with van der Waals surface area (Å²) in [5, 5.41) is 0. The Hall–Kier alpha value is -0.820. The second-order valence-electron chi connectivity index (χ2n) is 7.55. The summed E-state index contributed by atoms with van der Waals surface area (Å²) in [6.07, 6.45) is 0. The first-order valence-electron chi connectivity index (χ1n) is 6.72. The molecule has 0 saturated carbocycles. The Labute approximate surface area is 113 Å². The summed E-state index contributed by atoms with van der Waals surface area (Å²) in [5.74, 6) is 0. The van der Waals surface area contributed by atoms with E-state index in [4.69, 9.17) is 0 Å². The van der Waals surface area contributed by atoms with Gasteiger partial charge < -0.3 is 4.90 Å². The highest BCUT2D eigenvalue weighted by atomic mass is 15.0. The first-order valence-corrected chi connectivity index (χ1v) is 6.72. The smallest absolute Gasteiger partial charge is 0.0234 e. The Kier molecular flexibility index (Phi) is 4.27. The molecule has 1 aromatic carbocycles. The van der Waals surface area contributed by atoms with Crippen LogP contribution < -0.4 is 0 Å². The Morgan fingerprint density at radius 1 is 0.944 bits per heavy atom. The third-order valence-electron chi connectivity index (χ3n) is 3.09. The predicted molar refractivity (Wildman–Crippen MR) is 80.1 cm³/mol. The van der Waals surface area contributed by atoms with Crippen LogP contribution >= 0.6 is 0 Å². The van der Waals surface area contributed by atoms with Crippen LogP contribution in [0.3, 0.4) is 0 Å². The lowest BCUT2D eigenvalue weighted by Gasteiger charge is -2.26. The van der Waals surface area contributed by atoms with E-state index in [1.807, 2.05) is 0 Å². The van der Waals surface area contributed by atoms with Crippen molar-refractivity contribution in [3.8, 4) is 0 Å². The molecule has 1 nitrogen and oxygen atoms in total. The number of benzene rings is 1. The maximum absolute atomic E-state index is 3.59. The zero-order valence-corrected chi connectivity index (χ0v) is 13.3. The molecule has 0 aromatic heterocycles. The van der Waals surface area contributed by atoms with E-state index in [0.29, 0.717) is 0 Å². The lowest BCUT2D eigenvalue weighted by atomic mass is 9.79. The van der Waals surface area contributed by atoms with Gasteiger partial charge in [-0.05, 0) is 47.7 Å². The molecule has 0 bridgehead atoms. The van der Waals surface area contributed by atoms with Gasteiger partial charge in [0.2, 0.25) is 0 Å². The number of nitrogens with zero attached hydrogens (tertiary/aromatic N) is 1. The molecule has 0 fully saturated rings. The van der Waals surface area contributed by atoms with E-state index in [1.54, 1.807) is 0 Å². The van der Waals surface area contributed by atoms with Crippen molar-refractivity contribution in [1.29, 1.82) is 0 Å². The maximum Gasteiger partial charge on any atom is 0.0234 e. The molecule has 0 atom stereocenters. The third-order valence-corrected chi connectivity index (χ3v) is 3.09. The Bertz CT molecular complexity index is 370. The van der Waals surface area contributed by atoms with Crippen molar-refractivity contribution in [2.75, 3.05) is 14.1 Å². The van der Waals surface area contributed by atoms with Gasteiger partial charge in [0, 0.05) is 6.54 Å². The topological polar surface area (TPSA) is 3.24 Å². The van der Waals surface area contributed by atoms with Gasteiger partial charge in [0.25, 0.3) is 0 Å². The van der Waals surface area contributed by atoms with Crippen molar-refractivity contribution < 1.29 is 0 Å². The highest BCUT2D eigenvalue weighted by Crippen LogP contribution is 2.30. The van der Waals surface area contributed by atoms with Crippen molar-refractivity contribution in [3.05, 3.63) is 34.9 Å². The quantitative estimate of drug-likeness (QED) is 0.758. The van der Waals surface area contributed by atoms with Crippen LogP contribution in [0.15, 0.2) is 12.1 Å². The molecule has 0 N–H and O–H groups in total. The van der Waals surface area contributed by atoms with Crippen LogP contribution in [0.1, 0.15) is 58.2 Å². The van der Waals surface area contributed by atoms with E-state index in [2.05, 4.69) is 78.7 Å². The number of hydrogen-bond donors (Lipinski definition) is 0. The highest BCUT2D eigenvalue weighted by Gasteiger charge is 2.20. The van der Waals surface area contributed by atoms with E-state index < -0.39 is 0 Å². The molecular weight excluding hydrogens is 218 g/mol. The molecule has 0 aliphatic heterocycles. The van der Waals surface area contributed by atoms with E-state index in [0.717, 1.165) is 6.54 Å². The van der Waals surface area contributed by atoms with Crippen molar-refractivity contribution in [1.82, 2.24) is 4.90 Å². The summed E-state index contributed by atoms with van der Waals surface area (Å²) >= 11 is 0. The van der Waals surface area contributed by atoms with Crippen molar-refractivity contribution in [2.45, 2.75) is 58.9 Å². The molecule has 101 valence electrons. The second kappa shape index (κ2) is 5.05. The molecule has 1 radical (unpaired) electrons. The van der Waals surface area contributed by atoms with Gasteiger partial charge in [0.1, 0.15) is 0 Å². The Balaban J connectivity index is 3.29. The highest BCUT2D eigenvalue weighted by molar-refractivity contribution is 5.36. The summed E-state index contributed by atoms with van der Waals surface area (Å²) in [6.45, 7) is 14.5. The minimum absolute atomic E-state index is 0.155. The van der Waals surface area contributed by atoms with E-state index in [-0.39, 0.29) is 10.8 Å². The predicted octanol–water partition coefficient (Wildman–Crippen LogP) is 4.14. The van der Waals surface area contributed by atoms with Gasteiger partial charge in [-0.2, -0.15) is 0 Å². The molecule has 0 heterocycles. The summed E-state index contributed by atoms with van der Waals surface area (Å²) in [5.41, 5.74) is 4.35. The fraction of sp³-hybridized carbons (Fsp3) is 0.647. The molecule has 0 aliphatic rings. The van der Waals surface area contributed by atoms with E-state index in [1.165, 1.54) is 16.7 Å². The van der Waals surface area contributed by atoms with Gasteiger partial charge in [0.15, 0.2) is 0 Å². The van der Waals surface area contributed by atoms with Crippen LogP contribution in [-0.2, 0) is 17.4 Å². The molecular formula is C17H28N. The number of rotatable bonds is 2. The zero-order valence-electron chi connectivity index (χ0n) is 13.3. The van der Waals surface area contributed by atoms with Crippen molar-refractivity contribution >= 4 is 0 Å². The average Bonchev–Trinajstić information content (AvgIpc) is 2.13. The largest absolute Gasteiger partial charge is 0.305 e. The molecule has 0 unspecified atom stereocenters. The van der Waals surface area contributed by atoms with Gasteiger partial charge in [0.05, 0.1) is 0 Å².